The molecule has 2 aromatic heterocycles. The molecule has 4 heterocycles. The lowest BCUT2D eigenvalue weighted by Gasteiger charge is -2.39. The Morgan fingerprint density at radius 2 is 1.88 bits per heavy atom. The first-order valence-electron chi connectivity index (χ1n) is 14.0. The largest absolute Gasteiger partial charge is 0.444 e. The molecule has 1 aromatic carbocycles. The number of piperidine rings is 1. The van der Waals surface area contributed by atoms with Crippen LogP contribution < -0.4 is 10.6 Å². The summed E-state index contributed by atoms with van der Waals surface area (Å²) in [5.41, 5.74) is 1.51. The van der Waals surface area contributed by atoms with Crippen molar-refractivity contribution in [3.05, 3.63) is 50.6 Å². The van der Waals surface area contributed by atoms with Gasteiger partial charge in [0.05, 0.1) is 17.8 Å². The number of H-pyrrole nitrogens is 1. The molecular weight excluding hydrogens is 564 g/mol. The van der Waals surface area contributed by atoms with Gasteiger partial charge in [0.1, 0.15) is 11.3 Å². The molecule has 12 heteroatoms. The Morgan fingerprint density at radius 1 is 1.12 bits per heavy atom. The SMILES string of the molecule is CC(C)N1CCc2nc(C(=O)N[C@@H]3CN(C(=O)OC(C)(C)C)CC[C@@H]3NC(=O)c3cc4cc(Cl)ccc4[nH]3)sc2C1. The van der Waals surface area contributed by atoms with Crippen LogP contribution in [0.2, 0.25) is 5.02 Å². The number of hydrogen-bond acceptors (Lipinski definition) is 7. The highest BCUT2D eigenvalue weighted by Crippen LogP contribution is 2.27. The molecule has 2 atom stereocenters. The number of thiazole rings is 1. The molecule has 41 heavy (non-hydrogen) atoms. The highest BCUT2D eigenvalue weighted by Gasteiger charge is 2.36. The smallest absolute Gasteiger partial charge is 0.410 e. The minimum absolute atomic E-state index is 0.195. The number of rotatable bonds is 5. The molecule has 0 bridgehead atoms. The fraction of sp³-hybridized carbons (Fsp3) is 0.517. The maximum Gasteiger partial charge on any atom is 0.410 e. The molecule has 0 radical (unpaired) electrons. The van der Waals surface area contributed by atoms with Crippen molar-refractivity contribution in [2.75, 3.05) is 19.6 Å². The van der Waals surface area contributed by atoms with E-state index in [4.69, 9.17) is 16.3 Å². The van der Waals surface area contributed by atoms with Crippen LogP contribution in [0.1, 0.15) is 71.9 Å². The van der Waals surface area contributed by atoms with E-state index in [2.05, 4.69) is 39.3 Å². The second-order valence-electron chi connectivity index (χ2n) is 12.0. The number of carbonyl (C=O) groups excluding carboxylic acids is 3. The Morgan fingerprint density at radius 3 is 2.61 bits per heavy atom. The summed E-state index contributed by atoms with van der Waals surface area (Å²) >= 11 is 7.52. The molecule has 5 rings (SSSR count). The first-order chi connectivity index (χ1) is 19.4. The van der Waals surface area contributed by atoms with Gasteiger partial charge in [-0.25, -0.2) is 9.78 Å². The molecular formula is C29H37ClN6O4S. The van der Waals surface area contributed by atoms with Crippen LogP contribution in [0.4, 0.5) is 4.79 Å². The summed E-state index contributed by atoms with van der Waals surface area (Å²) in [6, 6.07) is 6.59. The normalized spacial score (nSPS) is 19.7. The average molecular weight is 601 g/mol. The number of nitrogens with one attached hydrogen (secondary N) is 3. The molecule has 0 unspecified atom stereocenters. The monoisotopic (exact) mass is 600 g/mol. The lowest BCUT2D eigenvalue weighted by Crippen LogP contribution is -2.61. The van der Waals surface area contributed by atoms with E-state index in [1.807, 2.05) is 26.8 Å². The second-order valence-corrected chi connectivity index (χ2v) is 13.5. The predicted molar refractivity (Wildman–Crippen MR) is 160 cm³/mol. The third kappa shape index (κ3) is 6.85. The van der Waals surface area contributed by atoms with Crippen molar-refractivity contribution in [2.24, 2.45) is 0 Å². The van der Waals surface area contributed by atoms with Gasteiger partial charge in [-0.2, -0.15) is 0 Å². The topological polar surface area (TPSA) is 120 Å². The number of aromatic amines is 1. The van der Waals surface area contributed by atoms with Crippen LogP contribution in [-0.4, -0.2) is 81.0 Å². The van der Waals surface area contributed by atoms with Crippen molar-refractivity contribution in [1.29, 1.82) is 0 Å². The van der Waals surface area contributed by atoms with Gasteiger partial charge in [0.2, 0.25) is 0 Å². The number of fused-ring (bicyclic) bond motifs is 2. The summed E-state index contributed by atoms with van der Waals surface area (Å²) in [4.78, 5) is 52.5. The van der Waals surface area contributed by atoms with Crippen molar-refractivity contribution in [1.82, 2.24) is 30.4 Å². The van der Waals surface area contributed by atoms with E-state index in [-0.39, 0.29) is 18.4 Å². The second kappa shape index (κ2) is 11.6. The molecule has 10 nitrogen and oxygen atoms in total. The molecule has 0 aliphatic carbocycles. The predicted octanol–water partition coefficient (Wildman–Crippen LogP) is 4.58. The van der Waals surface area contributed by atoms with Crippen LogP contribution in [0.25, 0.3) is 10.9 Å². The van der Waals surface area contributed by atoms with Crippen LogP contribution in [0, 0.1) is 0 Å². The van der Waals surface area contributed by atoms with Gasteiger partial charge >= 0.3 is 6.09 Å². The van der Waals surface area contributed by atoms with E-state index in [9.17, 15) is 14.4 Å². The molecule has 220 valence electrons. The lowest BCUT2D eigenvalue weighted by molar-refractivity contribution is 0.0161. The summed E-state index contributed by atoms with van der Waals surface area (Å²) in [5.74, 6) is -0.609. The Kier molecular flexibility index (Phi) is 8.31. The molecule has 2 aliphatic heterocycles. The highest BCUT2D eigenvalue weighted by molar-refractivity contribution is 7.13. The standard InChI is InChI=1S/C29H37ClN6O4S/c1-16(2)35-10-9-21-24(15-35)41-27(34-21)26(38)33-23-14-36(28(39)40-29(3,4)5)11-8-20(23)32-25(37)22-13-17-12-18(30)6-7-19(17)31-22/h6-7,12-13,16,20,23,31H,8-11,14-15H2,1-5H3,(H,32,37)(H,33,38)/t20-,23+/m0/s1. The van der Waals surface area contributed by atoms with E-state index in [0.29, 0.717) is 34.7 Å². The zero-order chi connectivity index (χ0) is 29.5. The van der Waals surface area contributed by atoms with Gasteiger partial charge in [0.15, 0.2) is 5.01 Å². The maximum atomic E-state index is 13.5. The van der Waals surface area contributed by atoms with Crippen LogP contribution >= 0.6 is 22.9 Å². The Balaban J connectivity index is 1.33. The van der Waals surface area contributed by atoms with Crippen LogP contribution in [-0.2, 0) is 17.7 Å². The Bertz CT molecular complexity index is 1460. The fourth-order valence-electron chi connectivity index (χ4n) is 5.22. The third-order valence-electron chi connectivity index (χ3n) is 7.41. The maximum absolute atomic E-state index is 13.5. The molecule has 3 N–H and O–H groups in total. The number of likely N-dealkylation sites (tertiary alicyclic amines) is 1. The summed E-state index contributed by atoms with van der Waals surface area (Å²) in [7, 11) is 0. The van der Waals surface area contributed by atoms with Crippen molar-refractivity contribution in [3.8, 4) is 0 Å². The third-order valence-corrected chi connectivity index (χ3v) is 8.73. The zero-order valence-corrected chi connectivity index (χ0v) is 25.6. The van der Waals surface area contributed by atoms with E-state index >= 15 is 0 Å². The molecule has 0 spiro atoms. The van der Waals surface area contributed by atoms with Gasteiger partial charge in [-0.05, 0) is 65.3 Å². The van der Waals surface area contributed by atoms with Gasteiger partial charge in [-0.1, -0.05) is 11.6 Å². The van der Waals surface area contributed by atoms with Crippen LogP contribution in [0.5, 0.6) is 0 Å². The molecule has 1 fully saturated rings. The van der Waals surface area contributed by atoms with Gasteiger partial charge in [0.25, 0.3) is 11.8 Å². The Labute approximate surface area is 248 Å². The number of aromatic nitrogens is 2. The molecule has 3 aromatic rings. The quantitative estimate of drug-likeness (QED) is 0.394. The summed E-state index contributed by atoms with van der Waals surface area (Å²) < 4.78 is 5.58. The molecule has 1 saturated heterocycles. The number of carbonyl (C=O) groups is 3. The number of hydrogen-bond donors (Lipinski definition) is 3. The van der Waals surface area contributed by atoms with Gasteiger partial charge < -0.3 is 25.3 Å². The summed E-state index contributed by atoms with van der Waals surface area (Å²) in [5, 5.41) is 7.95. The first kappa shape index (κ1) is 29.3. The summed E-state index contributed by atoms with van der Waals surface area (Å²) in [6.45, 7) is 12.0. The fourth-order valence-corrected chi connectivity index (χ4v) is 6.44. The molecule has 3 amide bonds. The van der Waals surface area contributed by atoms with Crippen LogP contribution in [0.3, 0.4) is 0 Å². The Hall–Kier alpha value is -3.15. The number of benzene rings is 1. The zero-order valence-electron chi connectivity index (χ0n) is 24.0. The van der Waals surface area contributed by atoms with Crippen molar-refractivity contribution < 1.29 is 19.1 Å². The number of amides is 3. The average Bonchev–Trinajstić information content (AvgIpc) is 3.52. The lowest BCUT2D eigenvalue weighted by atomic mass is 9.99. The minimum Gasteiger partial charge on any atom is -0.444 e. The molecule has 2 aliphatic rings. The first-order valence-corrected chi connectivity index (χ1v) is 15.2. The van der Waals surface area contributed by atoms with Gasteiger partial charge in [0, 0.05) is 59.4 Å². The highest BCUT2D eigenvalue weighted by atomic mass is 35.5. The van der Waals surface area contributed by atoms with E-state index in [1.54, 1.807) is 23.1 Å². The van der Waals surface area contributed by atoms with Gasteiger partial charge in [-0.3, -0.25) is 14.5 Å². The van der Waals surface area contributed by atoms with E-state index in [1.165, 1.54) is 11.3 Å². The van der Waals surface area contributed by atoms with Gasteiger partial charge in [-0.15, -0.1) is 11.3 Å². The number of halogens is 1. The van der Waals surface area contributed by atoms with Crippen molar-refractivity contribution in [3.63, 3.8) is 0 Å². The van der Waals surface area contributed by atoms with Crippen LogP contribution in [0.15, 0.2) is 24.3 Å². The van der Waals surface area contributed by atoms with Crippen molar-refractivity contribution in [2.45, 2.75) is 77.7 Å². The van der Waals surface area contributed by atoms with Crippen molar-refractivity contribution >= 4 is 51.7 Å². The summed E-state index contributed by atoms with van der Waals surface area (Å²) in [6.07, 6.45) is 0.800. The minimum atomic E-state index is -0.650. The van der Waals surface area contributed by atoms with E-state index < -0.39 is 23.8 Å². The number of ether oxygens (including phenoxy) is 1. The van der Waals surface area contributed by atoms with E-state index in [0.717, 1.165) is 41.0 Å². The number of nitrogens with zero attached hydrogens (tertiary/aromatic N) is 3. The molecule has 0 saturated carbocycles.